The quantitative estimate of drug-likeness (QED) is 0.869. The van der Waals surface area contributed by atoms with Gasteiger partial charge in [0, 0.05) is 12.0 Å². The van der Waals surface area contributed by atoms with E-state index in [4.69, 9.17) is 10.5 Å². The summed E-state index contributed by atoms with van der Waals surface area (Å²) in [6.07, 6.45) is 1.43. The zero-order valence-electron chi connectivity index (χ0n) is 11.9. The van der Waals surface area contributed by atoms with Crippen LogP contribution in [0.5, 0.6) is 0 Å². The first-order valence-electron chi connectivity index (χ1n) is 6.85. The van der Waals surface area contributed by atoms with Crippen LogP contribution in [0.15, 0.2) is 24.3 Å². The summed E-state index contributed by atoms with van der Waals surface area (Å²) in [5, 5.41) is 0. The van der Waals surface area contributed by atoms with Crippen LogP contribution in [0.1, 0.15) is 51.3 Å². The van der Waals surface area contributed by atoms with E-state index in [-0.39, 0.29) is 11.5 Å². The van der Waals surface area contributed by atoms with Gasteiger partial charge >= 0.3 is 0 Å². The summed E-state index contributed by atoms with van der Waals surface area (Å²) in [4.78, 5) is 0. The van der Waals surface area contributed by atoms with Gasteiger partial charge in [-0.25, -0.2) is 0 Å². The van der Waals surface area contributed by atoms with Crippen LogP contribution in [0.4, 0.5) is 0 Å². The van der Waals surface area contributed by atoms with Crippen molar-refractivity contribution in [2.45, 2.75) is 51.7 Å². The van der Waals surface area contributed by atoms with Gasteiger partial charge in [-0.15, -0.1) is 0 Å². The molecular weight excluding hydrogens is 222 g/mol. The first kappa shape index (κ1) is 13.6. The summed E-state index contributed by atoms with van der Waals surface area (Å²) in [5.74, 6) is 0.459. The molecule has 0 saturated carbocycles. The molecule has 2 heteroatoms. The van der Waals surface area contributed by atoms with Crippen molar-refractivity contribution in [2.24, 2.45) is 11.7 Å². The second kappa shape index (κ2) is 5.02. The molecule has 1 fully saturated rings. The average Bonchev–Trinajstić information content (AvgIpc) is 2.74. The maximum absolute atomic E-state index is 6.34. The van der Waals surface area contributed by atoms with Gasteiger partial charge in [-0.1, -0.05) is 45.0 Å². The van der Waals surface area contributed by atoms with Crippen molar-refractivity contribution in [2.75, 3.05) is 6.61 Å². The van der Waals surface area contributed by atoms with Gasteiger partial charge in [0.05, 0.1) is 12.7 Å². The van der Waals surface area contributed by atoms with Crippen molar-refractivity contribution in [1.82, 2.24) is 0 Å². The zero-order chi connectivity index (χ0) is 13.3. The minimum atomic E-state index is 0.101. The number of ether oxygens (including phenoxy) is 1. The molecule has 0 radical (unpaired) electrons. The summed E-state index contributed by atoms with van der Waals surface area (Å²) in [5.41, 5.74) is 9.13. The monoisotopic (exact) mass is 247 g/mol. The number of rotatable bonds is 2. The third-order valence-electron chi connectivity index (χ3n) is 3.90. The van der Waals surface area contributed by atoms with Crippen molar-refractivity contribution in [1.29, 1.82) is 0 Å². The molecule has 1 heterocycles. The minimum Gasteiger partial charge on any atom is -0.378 e. The Labute approximate surface area is 111 Å². The SMILES string of the molecule is CC1CC(C(N)c2ccc(C(C)(C)C)cc2)CO1. The zero-order valence-corrected chi connectivity index (χ0v) is 11.9. The minimum absolute atomic E-state index is 0.101. The highest BCUT2D eigenvalue weighted by atomic mass is 16.5. The standard InChI is InChI=1S/C16H25NO/c1-11-9-13(10-18-11)15(17)12-5-7-14(8-6-12)16(2,3)4/h5-8,11,13,15H,9-10,17H2,1-4H3. The molecule has 1 aromatic rings. The van der Waals surface area contributed by atoms with E-state index in [1.54, 1.807) is 0 Å². The van der Waals surface area contributed by atoms with Crippen LogP contribution in [-0.2, 0) is 10.2 Å². The second-order valence-corrected chi connectivity index (χ2v) is 6.54. The Kier molecular flexibility index (Phi) is 3.79. The maximum Gasteiger partial charge on any atom is 0.0551 e. The predicted molar refractivity (Wildman–Crippen MR) is 75.6 cm³/mol. The van der Waals surface area contributed by atoms with E-state index in [1.807, 2.05) is 0 Å². The summed E-state index contributed by atoms with van der Waals surface area (Å²) in [6.45, 7) is 9.61. The Morgan fingerprint density at radius 2 is 1.83 bits per heavy atom. The van der Waals surface area contributed by atoms with Gasteiger partial charge in [0.2, 0.25) is 0 Å². The van der Waals surface area contributed by atoms with Crippen molar-refractivity contribution in [3.8, 4) is 0 Å². The van der Waals surface area contributed by atoms with Crippen LogP contribution in [0.25, 0.3) is 0 Å². The van der Waals surface area contributed by atoms with E-state index in [1.165, 1.54) is 11.1 Å². The molecule has 3 atom stereocenters. The molecule has 0 spiro atoms. The molecule has 0 amide bonds. The van der Waals surface area contributed by atoms with Crippen molar-refractivity contribution >= 4 is 0 Å². The average molecular weight is 247 g/mol. The maximum atomic E-state index is 6.34. The topological polar surface area (TPSA) is 35.2 Å². The van der Waals surface area contributed by atoms with Crippen LogP contribution in [0.3, 0.4) is 0 Å². The van der Waals surface area contributed by atoms with E-state index in [9.17, 15) is 0 Å². The third kappa shape index (κ3) is 2.93. The summed E-state index contributed by atoms with van der Waals surface area (Å²) in [6, 6.07) is 8.86. The van der Waals surface area contributed by atoms with Gasteiger partial charge in [0.15, 0.2) is 0 Å². The van der Waals surface area contributed by atoms with Gasteiger partial charge < -0.3 is 10.5 Å². The molecule has 2 nitrogen and oxygen atoms in total. The van der Waals surface area contributed by atoms with Crippen LogP contribution >= 0.6 is 0 Å². The van der Waals surface area contributed by atoms with Crippen LogP contribution < -0.4 is 5.73 Å². The smallest absolute Gasteiger partial charge is 0.0551 e. The number of nitrogens with two attached hydrogens (primary N) is 1. The molecule has 0 aromatic heterocycles. The number of hydrogen-bond donors (Lipinski definition) is 1. The molecule has 1 aromatic carbocycles. The Bertz CT molecular complexity index is 391. The van der Waals surface area contributed by atoms with Crippen molar-refractivity contribution in [3.63, 3.8) is 0 Å². The van der Waals surface area contributed by atoms with Crippen LogP contribution in [0.2, 0.25) is 0 Å². The summed E-state index contributed by atoms with van der Waals surface area (Å²) < 4.78 is 5.61. The van der Waals surface area contributed by atoms with E-state index >= 15 is 0 Å². The van der Waals surface area contributed by atoms with Gasteiger partial charge in [0.1, 0.15) is 0 Å². The van der Waals surface area contributed by atoms with Crippen LogP contribution in [0, 0.1) is 5.92 Å². The Hall–Kier alpha value is -0.860. The van der Waals surface area contributed by atoms with Crippen molar-refractivity contribution in [3.05, 3.63) is 35.4 Å². The molecule has 18 heavy (non-hydrogen) atoms. The first-order chi connectivity index (χ1) is 8.38. The van der Waals surface area contributed by atoms with Gasteiger partial charge in [0.25, 0.3) is 0 Å². The van der Waals surface area contributed by atoms with Gasteiger partial charge in [-0.05, 0) is 29.9 Å². The lowest BCUT2D eigenvalue weighted by atomic mass is 9.85. The van der Waals surface area contributed by atoms with Crippen LogP contribution in [-0.4, -0.2) is 12.7 Å². The predicted octanol–water partition coefficient (Wildman–Crippen LogP) is 3.41. The lowest BCUT2D eigenvalue weighted by molar-refractivity contribution is 0.118. The van der Waals surface area contributed by atoms with E-state index in [2.05, 4.69) is 52.0 Å². The molecule has 1 saturated heterocycles. The fraction of sp³-hybridized carbons (Fsp3) is 0.625. The molecule has 100 valence electrons. The summed E-state index contributed by atoms with van der Waals surface area (Å²) in [7, 11) is 0. The van der Waals surface area contributed by atoms with E-state index in [0.717, 1.165) is 13.0 Å². The molecule has 2 rings (SSSR count). The van der Waals surface area contributed by atoms with Gasteiger partial charge in [-0.2, -0.15) is 0 Å². The normalized spacial score (nSPS) is 26.3. The Balaban J connectivity index is 2.10. The molecular formula is C16H25NO. The molecule has 2 N–H and O–H groups in total. The van der Waals surface area contributed by atoms with Crippen molar-refractivity contribution < 1.29 is 4.74 Å². The summed E-state index contributed by atoms with van der Waals surface area (Å²) >= 11 is 0. The first-order valence-corrected chi connectivity index (χ1v) is 6.85. The Morgan fingerprint density at radius 3 is 2.28 bits per heavy atom. The Morgan fingerprint density at radius 1 is 1.22 bits per heavy atom. The van der Waals surface area contributed by atoms with Gasteiger partial charge in [-0.3, -0.25) is 0 Å². The number of benzene rings is 1. The second-order valence-electron chi connectivity index (χ2n) is 6.54. The van der Waals surface area contributed by atoms with E-state index < -0.39 is 0 Å². The highest BCUT2D eigenvalue weighted by molar-refractivity contribution is 5.29. The highest BCUT2D eigenvalue weighted by Gasteiger charge is 2.28. The lowest BCUT2D eigenvalue weighted by Gasteiger charge is -2.22. The largest absolute Gasteiger partial charge is 0.378 e. The molecule has 3 unspecified atom stereocenters. The molecule has 0 aliphatic carbocycles. The fourth-order valence-electron chi connectivity index (χ4n) is 2.58. The molecule has 1 aliphatic heterocycles. The number of hydrogen-bond acceptors (Lipinski definition) is 2. The fourth-order valence-corrected chi connectivity index (χ4v) is 2.58. The highest BCUT2D eigenvalue weighted by Crippen LogP contribution is 2.31. The molecule has 0 bridgehead atoms. The molecule has 1 aliphatic rings. The lowest BCUT2D eigenvalue weighted by Crippen LogP contribution is -2.22. The third-order valence-corrected chi connectivity index (χ3v) is 3.90. The van der Waals surface area contributed by atoms with E-state index in [0.29, 0.717) is 12.0 Å².